The standard InChI is InChI=1S/C40H37N5Si2/c1-46(2,3)31-15-17-35-33-11-7-9-13-37(33)44(39(35)22-31)29-19-28(43-26-27(24-41)25-42-43)20-30(21-29)45-38-14-10-8-12-34(38)36-18-16-32(23-40(36)45)47(4,5)6/h7-23,25-26H,1-6H3. The first kappa shape index (κ1) is 29.2. The van der Waals surface area contributed by atoms with E-state index in [9.17, 15) is 5.26 Å². The van der Waals surface area contributed by atoms with Crippen molar-refractivity contribution in [3.05, 3.63) is 121 Å². The number of nitrogens with zero attached hydrogens (tertiary/aromatic N) is 5. The van der Waals surface area contributed by atoms with Crippen molar-refractivity contribution in [1.29, 1.82) is 5.26 Å². The number of nitriles is 1. The van der Waals surface area contributed by atoms with Gasteiger partial charge < -0.3 is 9.13 Å². The molecule has 0 atom stereocenters. The van der Waals surface area contributed by atoms with E-state index in [0.29, 0.717) is 5.56 Å². The molecule has 0 fully saturated rings. The summed E-state index contributed by atoms with van der Waals surface area (Å²) in [5, 5.41) is 22.1. The minimum atomic E-state index is -1.58. The Labute approximate surface area is 276 Å². The summed E-state index contributed by atoms with van der Waals surface area (Å²) in [6, 6.07) is 40.5. The van der Waals surface area contributed by atoms with E-state index in [2.05, 4.69) is 163 Å². The van der Waals surface area contributed by atoms with Gasteiger partial charge in [0, 0.05) is 27.7 Å². The molecular weight excluding hydrogens is 607 g/mol. The van der Waals surface area contributed by atoms with Crippen LogP contribution in [-0.4, -0.2) is 35.1 Å². The lowest BCUT2D eigenvalue weighted by Gasteiger charge is -2.19. The van der Waals surface area contributed by atoms with Crippen LogP contribution < -0.4 is 10.4 Å². The van der Waals surface area contributed by atoms with Crippen LogP contribution in [0.3, 0.4) is 0 Å². The highest BCUT2D eigenvalue weighted by Crippen LogP contribution is 2.36. The predicted octanol–water partition coefficient (Wildman–Crippen LogP) is 9.03. The van der Waals surface area contributed by atoms with Crippen molar-refractivity contribution in [3.63, 3.8) is 0 Å². The fraction of sp³-hybridized carbons (Fsp3) is 0.150. The average molecular weight is 644 g/mol. The van der Waals surface area contributed by atoms with E-state index in [4.69, 9.17) is 0 Å². The van der Waals surface area contributed by atoms with Crippen LogP contribution in [0.2, 0.25) is 39.3 Å². The van der Waals surface area contributed by atoms with Gasteiger partial charge in [-0.2, -0.15) is 10.4 Å². The van der Waals surface area contributed by atoms with Crippen molar-refractivity contribution in [1.82, 2.24) is 18.9 Å². The third-order valence-electron chi connectivity index (χ3n) is 9.46. The quantitative estimate of drug-likeness (QED) is 0.176. The molecule has 0 aliphatic rings. The molecule has 0 saturated carbocycles. The SMILES string of the molecule is C[Si](C)(C)c1ccc2c3ccccc3n(-c3cc(-n4cc(C#N)cn4)cc(-n4c5ccccc5c5ccc([Si](C)(C)C)cc54)c3)c2c1. The highest BCUT2D eigenvalue weighted by Gasteiger charge is 2.22. The van der Waals surface area contributed by atoms with Crippen LogP contribution in [0.5, 0.6) is 0 Å². The number of fused-ring (bicyclic) bond motifs is 6. The second-order valence-corrected chi connectivity index (χ2v) is 24.8. The number of rotatable bonds is 5. The van der Waals surface area contributed by atoms with Crippen molar-refractivity contribution < 1.29 is 0 Å². The highest BCUT2D eigenvalue weighted by atomic mass is 28.3. The number of para-hydroxylation sites is 2. The van der Waals surface area contributed by atoms with E-state index >= 15 is 0 Å². The van der Waals surface area contributed by atoms with Gasteiger partial charge in [-0.15, -0.1) is 0 Å². The van der Waals surface area contributed by atoms with E-state index in [1.807, 2.05) is 10.9 Å². The average Bonchev–Trinajstić information content (AvgIpc) is 3.76. The Balaban J connectivity index is 1.50. The summed E-state index contributed by atoms with van der Waals surface area (Å²) in [7, 11) is -3.17. The molecule has 3 aromatic heterocycles. The molecule has 0 aliphatic carbocycles. The Morgan fingerprint density at radius 2 is 0.979 bits per heavy atom. The van der Waals surface area contributed by atoms with Gasteiger partial charge in [-0.05, 0) is 42.5 Å². The van der Waals surface area contributed by atoms with Crippen LogP contribution in [0.1, 0.15) is 5.56 Å². The van der Waals surface area contributed by atoms with E-state index in [0.717, 1.165) is 17.1 Å². The molecule has 0 saturated heterocycles. The molecule has 5 nitrogen and oxygen atoms in total. The van der Waals surface area contributed by atoms with E-state index < -0.39 is 16.1 Å². The molecule has 0 unspecified atom stereocenters. The molecule has 0 bridgehead atoms. The van der Waals surface area contributed by atoms with E-state index in [1.165, 1.54) is 54.0 Å². The Kier molecular flexibility index (Phi) is 6.49. The van der Waals surface area contributed by atoms with Gasteiger partial charge in [0.15, 0.2) is 0 Å². The zero-order chi connectivity index (χ0) is 32.7. The molecule has 47 heavy (non-hydrogen) atoms. The Morgan fingerprint density at radius 1 is 0.532 bits per heavy atom. The molecule has 8 rings (SSSR count). The monoisotopic (exact) mass is 643 g/mol. The molecule has 7 heteroatoms. The van der Waals surface area contributed by atoms with Gasteiger partial charge in [-0.25, -0.2) is 4.68 Å². The van der Waals surface area contributed by atoms with Crippen LogP contribution in [0, 0.1) is 11.3 Å². The third kappa shape index (κ3) is 4.75. The summed E-state index contributed by atoms with van der Waals surface area (Å²) in [6.07, 6.45) is 3.45. The van der Waals surface area contributed by atoms with Crippen LogP contribution in [0.25, 0.3) is 60.7 Å². The minimum absolute atomic E-state index is 0.533. The maximum absolute atomic E-state index is 9.66. The van der Waals surface area contributed by atoms with Crippen molar-refractivity contribution in [2.24, 2.45) is 0 Å². The molecule has 3 heterocycles. The van der Waals surface area contributed by atoms with Crippen molar-refractivity contribution in [3.8, 4) is 23.1 Å². The van der Waals surface area contributed by atoms with Gasteiger partial charge in [-0.1, -0.05) is 110 Å². The van der Waals surface area contributed by atoms with E-state index in [1.54, 1.807) is 6.20 Å². The Hall–Kier alpha value is -5.17. The summed E-state index contributed by atoms with van der Waals surface area (Å²) >= 11 is 0. The topological polar surface area (TPSA) is 51.5 Å². The zero-order valence-electron chi connectivity index (χ0n) is 27.7. The van der Waals surface area contributed by atoms with E-state index in [-0.39, 0.29) is 0 Å². The summed E-state index contributed by atoms with van der Waals surface area (Å²) in [4.78, 5) is 0. The molecule has 5 aromatic carbocycles. The van der Waals surface area contributed by atoms with Crippen molar-refractivity contribution in [2.45, 2.75) is 39.3 Å². The molecular formula is C40H37N5Si2. The Morgan fingerprint density at radius 3 is 1.43 bits per heavy atom. The maximum atomic E-state index is 9.66. The summed E-state index contributed by atoms with van der Waals surface area (Å²) < 4.78 is 6.66. The Bertz CT molecular complexity index is 2410. The molecule has 230 valence electrons. The molecule has 0 aliphatic heterocycles. The lowest BCUT2D eigenvalue weighted by molar-refractivity contribution is 0.876. The summed E-state index contributed by atoms with van der Waals surface area (Å²) in [5.41, 5.74) is 8.28. The first-order valence-corrected chi connectivity index (χ1v) is 23.2. The lowest BCUT2D eigenvalue weighted by Crippen LogP contribution is -2.37. The highest BCUT2D eigenvalue weighted by molar-refractivity contribution is 6.89. The molecule has 0 amide bonds. The second-order valence-electron chi connectivity index (χ2n) is 14.7. The lowest BCUT2D eigenvalue weighted by atomic mass is 10.1. The van der Waals surface area contributed by atoms with Crippen LogP contribution >= 0.6 is 0 Å². The number of aromatic nitrogens is 4. The molecule has 0 radical (unpaired) electrons. The molecule has 8 aromatic rings. The van der Waals surface area contributed by atoms with Gasteiger partial charge in [0.05, 0.1) is 67.0 Å². The normalized spacial score (nSPS) is 12.4. The van der Waals surface area contributed by atoms with Crippen molar-refractivity contribution >= 4 is 70.1 Å². The summed E-state index contributed by atoms with van der Waals surface area (Å²) in [5.74, 6) is 0. The van der Waals surface area contributed by atoms with Crippen LogP contribution in [0.15, 0.2) is 116 Å². The largest absolute Gasteiger partial charge is 0.309 e. The van der Waals surface area contributed by atoms with Gasteiger partial charge in [0.25, 0.3) is 0 Å². The van der Waals surface area contributed by atoms with Gasteiger partial charge in [0.1, 0.15) is 6.07 Å². The number of hydrogen-bond donors (Lipinski definition) is 0. The van der Waals surface area contributed by atoms with Crippen molar-refractivity contribution in [2.75, 3.05) is 0 Å². The fourth-order valence-electron chi connectivity index (χ4n) is 6.92. The zero-order valence-corrected chi connectivity index (χ0v) is 29.7. The van der Waals surface area contributed by atoms with Crippen LogP contribution in [0.4, 0.5) is 0 Å². The maximum Gasteiger partial charge on any atom is 0.102 e. The predicted molar refractivity (Wildman–Crippen MR) is 203 cm³/mol. The van der Waals surface area contributed by atoms with Gasteiger partial charge >= 0.3 is 0 Å². The molecule has 0 N–H and O–H groups in total. The first-order chi connectivity index (χ1) is 22.5. The van der Waals surface area contributed by atoms with Crippen LogP contribution in [-0.2, 0) is 0 Å². The minimum Gasteiger partial charge on any atom is -0.309 e. The van der Waals surface area contributed by atoms with Gasteiger partial charge in [0.2, 0.25) is 0 Å². The number of hydrogen-bond acceptors (Lipinski definition) is 2. The number of benzene rings is 5. The van der Waals surface area contributed by atoms with Gasteiger partial charge in [-0.3, -0.25) is 0 Å². The fourth-order valence-corrected chi connectivity index (χ4v) is 9.23. The smallest absolute Gasteiger partial charge is 0.102 e. The molecule has 0 spiro atoms. The third-order valence-corrected chi connectivity index (χ3v) is 13.5. The second kappa shape index (κ2) is 10.4. The first-order valence-electron chi connectivity index (χ1n) is 16.2. The summed E-state index contributed by atoms with van der Waals surface area (Å²) in [6.45, 7) is 14.4.